The molecule has 0 N–H and O–H groups in total. The number of nitro benzene ring substituents is 1. The van der Waals surface area contributed by atoms with Crippen LogP contribution in [0.1, 0.15) is 5.56 Å². The molecule has 0 aromatic heterocycles. The summed E-state index contributed by atoms with van der Waals surface area (Å²) in [7, 11) is 0. The van der Waals surface area contributed by atoms with E-state index in [0.717, 1.165) is 12.1 Å². The zero-order valence-electron chi connectivity index (χ0n) is 10.5. The number of hydrogen-bond donors (Lipinski definition) is 0. The molecule has 0 aliphatic rings. The van der Waals surface area contributed by atoms with E-state index in [1.165, 1.54) is 12.1 Å². The number of rotatable bonds is 6. The summed E-state index contributed by atoms with van der Waals surface area (Å²) >= 11 is 0. The van der Waals surface area contributed by atoms with Crippen molar-refractivity contribution in [2.75, 3.05) is 6.61 Å². The van der Waals surface area contributed by atoms with Crippen LogP contribution in [-0.4, -0.2) is 29.6 Å². The van der Waals surface area contributed by atoms with Gasteiger partial charge in [-0.3, -0.25) is 10.1 Å². The molecule has 0 spiro atoms. The van der Waals surface area contributed by atoms with Gasteiger partial charge in [0, 0.05) is 12.1 Å². The lowest BCUT2D eigenvalue weighted by Crippen LogP contribution is -2.54. The second kappa shape index (κ2) is 6.07. The molecule has 0 radical (unpaired) electrons. The summed E-state index contributed by atoms with van der Waals surface area (Å²) in [4.78, 5) is 9.65. The normalized spacial score (nSPS) is 13.2. The highest BCUT2D eigenvalue weighted by Gasteiger charge is 2.72. The summed E-state index contributed by atoms with van der Waals surface area (Å²) in [5, 5.41) is 10.4. The third-order valence-electron chi connectivity index (χ3n) is 2.49. The smallest absolute Gasteiger partial charge is 0.370 e. The number of non-ortho nitro benzene ring substituents is 1. The second-order valence-corrected chi connectivity index (χ2v) is 4.20. The van der Waals surface area contributed by atoms with E-state index in [2.05, 4.69) is 4.74 Å². The molecule has 0 bridgehead atoms. The minimum absolute atomic E-state index is 0.0275. The second-order valence-electron chi connectivity index (χ2n) is 4.20. The standard InChI is InChI=1S/C11H8F7NO3/c12-9(13,10(14,15)11(16,17)18)6-22-5-7-2-1-3-8(4-7)19(20)21/h1-4H,5-6H2. The van der Waals surface area contributed by atoms with Crippen molar-refractivity contribution < 1.29 is 40.4 Å². The first-order chi connectivity index (χ1) is 9.88. The molecule has 0 unspecified atom stereocenters. The Balaban J connectivity index is 2.71. The van der Waals surface area contributed by atoms with Crippen LogP contribution in [0.2, 0.25) is 0 Å². The molecule has 0 fully saturated rings. The average Bonchev–Trinajstić information content (AvgIpc) is 2.37. The van der Waals surface area contributed by atoms with Crippen LogP contribution in [0.25, 0.3) is 0 Å². The van der Waals surface area contributed by atoms with Crippen molar-refractivity contribution >= 4 is 5.69 Å². The van der Waals surface area contributed by atoms with E-state index in [4.69, 9.17) is 0 Å². The maximum Gasteiger partial charge on any atom is 0.459 e. The summed E-state index contributed by atoms with van der Waals surface area (Å²) in [5.74, 6) is -11.7. The first-order valence-electron chi connectivity index (χ1n) is 5.52. The monoisotopic (exact) mass is 335 g/mol. The molecular weight excluding hydrogens is 327 g/mol. The highest BCUT2D eigenvalue weighted by atomic mass is 19.4. The van der Waals surface area contributed by atoms with E-state index in [1.54, 1.807) is 0 Å². The Morgan fingerprint density at radius 3 is 2.18 bits per heavy atom. The molecule has 0 saturated heterocycles. The number of ether oxygens (including phenoxy) is 1. The van der Waals surface area contributed by atoms with Crippen LogP contribution in [-0.2, 0) is 11.3 Å². The lowest BCUT2D eigenvalue weighted by atomic mass is 10.1. The van der Waals surface area contributed by atoms with Crippen LogP contribution in [0.4, 0.5) is 36.4 Å². The number of nitrogens with zero attached hydrogens (tertiary/aromatic N) is 1. The van der Waals surface area contributed by atoms with Crippen molar-refractivity contribution in [1.29, 1.82) is 0 Å². The van der Waals surface area contributed by atoms with Gasteiger partial charge in [0.2, 0.25) is 0 Å². The molecular formula is C11H8F7NO3. The predicted molar refractivity (Wildman–Crippen MR) is 58.7 cm³/mol. The minimum atomic E-state index is -6.43. The zero-order chi connectivity index (χ0) is 17.2. The number of nitro groups is 1. The van der Waals surface area contributed by atoms with Crippen LogP contribution in [0.15, 0.2) is 24.3 Å². The molecule has 0 aliphatic carbocycles. The fourth-order valence-electron chi connectivity index (χ4n) is 1.35. The Kier molecular flexibility index (Phi) is 5.00. The van der Waals surface area contributed by atoms with E-state index in [9.17, 15) is 40.8 Å². The van der Waals surface area contributed by atoms with Crippen LogP contribution in [0, 0.1) is 10.1 Å². The number of alkyl halides is 7. The van der Waals surface area contributed by atoms with Crippen molar-refractivity contribution in [3.8, 4) is 0 Å². The molecule has 4 nitrogen and oxygen atoms in total. The fraction of sp³-hybridized carbons (Fsp3) is 0.455. The van der Waals surface area contributed by atoms with Gasteiger partial charge in [-0.15, -0.1) is 0 Å². The van der Waals surface area contributed by atoms with Gasteiger partial charge in [-0.25, -0.2) is 0 Å². The number of halogens is 7. The summed E-state index contributed by atoms with van der Waals surface area (Å²) in [6.45, 7) is -2.98. The molecule has 11 heteroatoms. The van der Waals surface area contributed by atoms with Crippen LogP contribution >= 0.6 is 0 Å². The molecule has 1 aromatic rings. The van der Waals surface area contributed by atoms with Crippen LogP contribution < -0.4 is 0 Å². The van der Waals surface area contributed by atoms with Gasteiger partial charge < -0.3 is 4.74 Å². The summed E-state index contributed by atoms with van der Waals surface area (Å²) < 4.78 is 90.7. The van der Waals surface area contributed by atoms with E-state index < -0.39 is 41.8 Å². The number of hydrogen-bond acceptors (Lipinski definition) is 3. The van der Waals surface area contributed by atoms with Gasteiger partial charge >= 0.3 is 18.0 Å². The molecule has 0 amide bonds. The molecule has 22 heavy (non-hydrogen) atoms. The molecule has 1 rings (SSSR count). The predicted octanol–water partition coefficient (Wildman–Crippen LogP) is 3.94. The van der Waals surface area contributed by atoms with Gasteiger partial charge in [-0.1, -0.05) is 12.1 Å². The van der Waals surface area contributed by atoms with Crippen molar-refractivity contribution in [2.45, 2.75) is 24.6 Å². The van der Waals surface area contributed by atoms with E-state index >= 15 is 0 Å². The first kappa shape index (κ1) is 18.1. The molecule has 124 valence electrons. The maximum atomic E-state index is 12.9. The van der Waals surface area contributed by atoms with Crippen molar-refractivity contribution in [3.05, 3.63) is 39.9 Å². The highest BCUT2D eigenvalue weighted by Crippen LogP contribution is 2.46. The van der Waals surface area contributed by atoms with Crippen LogP contribution in [0.5, 0.6) is 0 Å². The molecule has 0 saturated carbocycles. The minimum Gasteiger partial charge on any atom is -0.370 e. The first-order valence-corrected chi connectivity index (χ1v) is 5.52. The number of benzene rings is 1. The lowest BCUT2D eigenvalue weighted by Gasteiger charge is -2.27. The highest BCUT2D eigenvalue weighted by molar-refractivity contribution is 5.33. The molecule has 0 heterocycles. The van der Waals surface area contributed by atoms with Crippen LogP contribution in [0.3, 0.4) is 0 Å². The SMILES string of the molecule is O=[N+]([O-])c1cccc(COCC(F)(F)C(F)(F)C(F)(F)F)c1. The topological polar surface area (TPSA) is 52.4 Å². The average molecular weight is 335 g/mol. The third-order valence-corrected chi connectivity index (χ3v) is 2.49. The van der Waals surface area contributed by atoms with Gasteiger partial charge in [0.1, 0.15) is 6.61 Å². The maximum absolute atomic E-state index is 12.9. The fourth-order valence-corrected chi connectivity index (χ4v) is 1.35. The third kappa shape index (κ3) is 3.84. The van der Waals surface area contributed by atoms with Gasteiger partial charge in [0.05, 0.1) is 11.5 Å². The van der Waals surface area contributed by atoms with Crippen molar-refractivity contribution in [2.24, 2.45) is 0 Å². The quantitative estimate of drug-likeness (QED) is 0.449. The van der Waals surface area contributed by atoms with Gasteiger partial charge in [0.25, 0.3) is 5.69 Å². The summed E-state index contributed by atoms with van der Waals surface area (Å²) in [6.07, 6.45) is -6.43. The van der Waals surface area contributed by atoms with E-state index in [1.807, 2.05) is 0 Å². The Morgan fingerprint density at radius 2 is 1.68 bits per heavy atom. The summed E-state index contributed by atoms with van der Waals surface area (Å²) in [6, 6.07) is 4.38. The Hall–Kier alpha value is -1.91. The molecule has 0 aliphatic heterocycles. The van der Waals surface area contributed by atoms with Gasteiger partial charge in [-0.2, -0.15) is 30.7 Å². The van der Waals surface area contributed by atoms with Crippen molar-refractivity contribution in [3.63, 3.8) is 0 Å². The Morgan fingerprint density at radius 1 is 1.09 bits per heavy atom. The van der Waals surface area contributed by atoms with Crippen molar-refractivity contribution in [1.82, 2.24) is 0 Å². The lowest BCUT2D eigenvalue weighted by molar-refractivity contribution is -0.385. The van der Waals surface area contributed by atoms with E-state index in [-0.39, 0.29) is 5.56 Å². The summed E-state index contributed by atoms with van der Waals surface area (Å²) in [5.41, 5.74) is -0.436. The Labute approximate surface area is 118 Å². The molecule has 1 aromatic carbocycles. The van der Waals surface area contributed by atoms with E-state index in [0.29, 0.717) is 0 Å². The zero-order valence-corrected chi connectivity index (χ0v) is 10.5. The Bertz CT molecular complexity index is 545. The van der Waals surface area contributed by atoms with Gasteiger partial charge in [0.15, 0.2) is 0 Å². The molecule has 0 atom stereocenters. The van der Waals surface area contributed by atoms with Gasteiger partial charge in [-0.05, 0) is 5.56 Å². The largest absolute Gasteiger partial charge is 0.459 e.